The maximum absolute atomic E-state index is 9.96. The summed E-state index contributed by atoms with van der Waals surface area (Å²) in [4.78, 5) is 9.96. The number of carboxylic acids is 1. The van der Waals surface area contributed by atoms with Gasteiger partial charge in [0.15, 0.2) is 0 Å². The minimum Gasteiger partial charge on any atom is -0.481 e. The van der Waals surface area contributed by atoms with Gasteiger partial charge in [-0.3, -0.25) is 10.1 Å². The van der Waals surface area contributed by atoms with Crippen LogP contribution < -0.4 is 5.32 Å². The first kappa shape index (κ1) is 15.4. The molecule has 16 heavy (non-hydrogen) atoms. The second-order valence-electron chi connectivity index (χ2n) is 4.49. The fourth-order valence-corrected chi connectivity index (χ4v) is 1.41. The van der Waals surface area contributed by atoms with E-state index in [1.54, 1.807) is 0 Å². The highest BCUT2D eigenvalue weighted by Gasteiger charge is 2.21. The Morgan fingerprint density at radius 3 is 2.38 bits per heavy atom. The lowest BCUT2D eigenvalue weighted by Gasteiger charge is -2.15. The molecule has 0 aliphatic carbocycles. The minimum atomic E-state index is -0.675. The van der Waals surface area contributed by atoms with E-state index in [0.717, 1.165) is 32.4 Å². The maximum atomic E-state index is 9.96. The lowest BCUT2D eigenvalue weighted by Crippen LogP contribution is -2.33. The summed E-state index contributed by atoms with van der Waals surface area (Å²) in [5.41, 5.74) is -0.0556. The third-order valence-electron chi connectivity index (χ3n) is 2.36. The van der Waals surface area contributed by atoms with Crippen molar-refractivity contribution in [2.75, 3.05) is 13.2 Å². The normalized spacial score (nSPS) is 17.7. The van der Waals surface area contributed by atoms with Gasteiger partial charge in [-0.05, 0) is 20.3 Å². The molecule has 0 bridgehead atoms. The molecule has 0 saturated carbocycles. The molecule has 0 amide bonds. The number of ether oxygens (including phenoxy) is 1. The van der Waals surface area contributed by atoms with E-state index in [1.807, 2.05) is 13.8 Å². The smallest absolute Gasteiger partial charge is 0.303 e. The Kier molecular flexibility index (Phi) is 8.21. The van der Waals surface area contributed by atoms with Crippen LogP contribution in [0.25, 0.3) is 0 Å². The first-order valence-electron chi connectivity index (χ1n) is 6.08. The summed E-state index contributed by atoms with van der Waals surface area (Å²) in [6, 6.07) is 0. The largest absolute Gasteiger partial charge is 0.481 e. The molecule has 4 heteroatoms. The van der Waals surface area contributed by atoms with Gasteiger partial charge in [0.25, 0.3) is 0 Å². The molecule has 2 N–H and O–H groups in total. The van der Waals surface area contributed by atoms with Gasteiger partial charge in [0.1, 0.15) is 5.72 Å². The van der Waals surface area contributed by atoms with Crippen molar-refractivity contribution in [2.24, 2.45) is 0 Å². The number of hydrogen-bond donors (Lipinski definition) is 2. The molecule has 0 atom stereocenters. The van der Waals surface area contributed by atoms with Crippen molar-refractivity contribution in [3.8, 4) is 0 Å². The Hall–Kier alpha value is -0.610. The van der Waals surface area contributed by atoms with Crippen LogP contribution in [-0.2, 0) is 9.53 Å². The Balaban J connectivity index is 0.000000288. The number of rotatable bonds is 5. The van der Waals surface area contributed by atoms with Crippen LogP contribution in [0.2, 0.25) is 0 Å². The molecule has 0 unspecified atom stereocenters. The Morgan fingerprint density at radius 2 is 2.06 bits per heavy atom. The highest BCUT2D eigenvalue weighted by atomic mass is 16.5. The van der Waals surface area contributed by atoms with E-state index >= 15 is 0 Å². The highest BCUT2D eigenvalue weighted by molar-refractivity contribution is 5.66. The fourth-order valence-electron chi connectivity index (χ4n) is 1.41. The van der Waals surface area contributed by atoms with Crippen LogP contribution in [-0.4, -0.2) is 30.0 Å². The molecule has 1 heterocycles. The molecule has 96 valence electrons. The Labute approximate surface area is 98.4 Å². The number of aliphatic carboxylic acids is 1. The predicted octanol–water partition coefficient (Wildman–Crippen LogP) is 2.38. The van der Waals surface area contributed by atoms with E-state index in [-0.39, 0.29) is 5.72 Å². The monoisotopic (exact) mass is 231 g/mol. The van der Waals surface area contributed by atoms with Crippen LogP contribution in [0.3, 0.4) is 0 Å². The number of hydrogen-bond acceptors (Lipinski definition) is 3. The Bertz CT molecular complexity index is 185. The van der Waals surface area contributed by atoms with Crippen molar-refractivity contribution in [3.05, 3.63) is 0 Å². The summed E-state index contributed by atoms with van der Waals surface area (Å²) in [5.74, 6) is -0.675. The third kappa shape index (κ3) is 9.93. The lowest BCUT2D eigenvalue weighted by molar-refractivity contribution is -0.137. The zero-order chi connectivity index (χ0) is 12.4. The topological polar surface area (TPSA) is 58.6 Å². The Morgan fingerprint density at radius 1 is 1.38 bits per heavy atom. The zero-order valence-electron chi connectivity index (χ0n) is 10.7. The number of nitrogens with one attached hydrogen (secondary N) is 1. The maximum Gasteiger partial charge on any atom is 0.303 e. The standard InChI is InChI=1S/C7H14O2.C5H11NO/c1-2-3-4-5-6-7(8)9;1-5(2)6-3-4-7-5/h2-6H2,1H3,(H,8,9);6H,3-4H2,1-2H3. The van der Waals surface area contributed by atoms with E-state index < -0.39 is 5.97 Å². The molecule has 1 fully saturated rings. The fraction of sp³-hybridized carbons (Fsp3) is 0.917. The van der Waals surface area contributed by atoms with E-state index in [1.165, 1.54) is 6.42 Å². The van der Waals surface area contributed by atoms with E-state index in [0.29, 0.717) is 6.42 Å². The number of carboxylic acid groups (broad SMARTS) is 1. The molecule has 0 aromatic heterocycles. The molecule has 1 rings (SSSR count). The van der Waals surface area contributed by atoms with Crippen molar-refractivity contribution in [3.63, 3.8) is 0 Å². The van der Waals surface area contributed by atoms with Crippen LogP contribution >= 0.6 is 0 Å². The van der Waals surface area contributed by atoms with Crippen molar-refractivity contribution >= 4 is 5.97 Å². The molecule has 4 nitrogen and oxygen atoms in total. The first-order chi connectivity index (χ1) is 7.48. The molecular formula is C12H25NO3. The number of carbonyl (C=O) groups is 1. The zero-order valence-corrected chi connectivity index (χ0v) is 10.7. The first-order valence-corrected chi connectivity index (χ1v) is 6.08. The SMILES string of the molecule is CC1(C)NCCO1.CCCCCCC(=O)O. The molecule has 1 saturated heterocycles. The van der Waals surface area contributed by atoms with Crippen LogP contribution in [0.15, 0.2) is 0 Å². The third-order valence-corrected chi connectivity index (χ3v) is 2.36. The summed E-state index contributed by atoms with van der Waals surface area (Å²) < 4.78 is 5.23. The van der Waals surface area contributed by atoms with Gasteiger partial charge in [0.05, 0.1) is 6.61 Å². The summed E-state index contributed by atoms with van der Waals surface area (Å²) in [6.07, 6.45) is 4.55. The minimum absolute atomic E-state index is 0.0556. The van der Waals surface area contributed by atoms with Gasteiger partial charge in [0, 0.05) is 13.0 Å². The van der Waals surface area contributed by atoms with Crippen LogP contribution in [0.1, 0.15) is 52.9 Å². The summed E-state index contributed by atoms with van der Waals surface area (Å²) in [5, 5.41) is 11.4. The molecular weight excluding hydrogens is 206 g/mol. The van der Waals surface area contributed by atoms with Gasteiger partial charge in [-0.1, -0.05) is 26.2 Å². The van der Waals surface area contributed by atoms with Crippen molar-refractivity contribution in [1.82, 2.24) is 5.32 Å². The summed E-state index contributed by atoms with van der Waals surface area (Å²) >= 11 is 0. The van der Waals surface area contributed by atoms with Crippen molar-refractivity contribution in [1.29, 1.82) is 0 Å². The summed E-state index contributed by atoms with van der Waals surface area (Å²) in [6.45, 7) is 8.01. The van der Waals surface area contributed by atoms with Gasteiger partial charge in [0.2, 0.25) is 0 Å². The van der Waals surface area contributed by atoms with Gasteiger partial charge in [-0.2, -0.15) is 0 Å². The van der Waals surface area contributed by atoms with Gasteiger partial charge in [-0.15, -0.1) is 0 Å². The van der Waals surface area contributed by atoms with Crippen LogP contribution in [0, 0.1) is 0 Å². The number of unbranched alkanes of at least 4 members (excludes halogenated alkanes) is 3. The second-order valence-corrected chi connectivity index (χ2v) is 4.49. The molecule has 1 aliphatic heterocycles. The lowest BCUT2D eigenvalue weighted by atomic mass is 10.2. The average molecular weight is 231 g/mol. The van der Waals surface area contributed by atoms with Gasteiger partial charge >= 0.3 is 5.97 Å². The highest BCUT2D eigenvalue weighted by Crippen LogP contribution is 2.07. The van der Waals surface area contributed by atoms with E-state index in [2.05, 4.69) is 12.2 Å². The van der Waals surface area contributed by atoms with Crippen LogP contribution in [0.4, 0.5) is 0 Å². The molecule has 0 radical (unpaired) electrons. The van der Waals surface area contributed by atoms with Crippen molar-refractivity contribution < 1.29 is 14.6 Å². The molecule has 0 aromatic carbocycles. The molecule has 1 aliphatic rings. The average Bonchev–Trinajstić information content (AvgIpc) is 2.58. The molecule has 0 spiro atoms. The van der Waals surface area contributed by atoms with Crippen molar-refractivity contribution in [2.45, 2.75) is 58.6 Å². The van der Waals surface area contributed by atoms with Gasteiger partial charge in [-0.25, -0.2) is 0 Å². The van der Waals surface area contributed by atoms with Crippen LogP contribution in [0.5, 0.6) is 0 Å². The van der Waals surface area contributed by atoms with E-state index in [4.69, 9.17) is 9.84 Å². The molecule has 0 aromatic rings. The van der Waals surface area contributed by atoms with Gasteiger partial charge < -0.3 is 9.84 Å². The summed E-state index contributed by atoms with van der Waals surface area (Å²) in [7, 11) is 0. The predicted molar refractivity (Wildman–Crippen MR) is 64.4 cm³/mol. The second kappa shape index (κ2) is 8.53. The quantitative estimate of drug-likeness (QED) is 0.713. The van der Waals surface area contributed by atoms with E-state index in [9.17, 15) is 4.79 Å².